The van der Waals surface area contributed by atoms with Crippen LogP contribution in [0.3, 0.4) is 0 Å². The van der Waals surface area contributed by atoms with Gasteiger partial charge in [0.1, 0.15) is 6.61 Å². The van der Waals surface area contributed by atoms with E-state index in [1.54, 1.807) is 0 Å². The number of fused-ring (bicyclic) bond motifs is 1. The molecule has 0 aliphatic carbocycles. The molecule has 1 N–H and O–H groups in total. The Morgan fingerprint density at radius 3 is 2.86 bits per heavy atom. The second-order valence-electron chi connectivity index (χ2n) is 6.23. The summed E-state index contributed by atoms with van der Waals surface area (Å²) in [5.41, 5.74) is 1.05. The lowest BCUT2D eigenvalue weighted by Crippen LogP contribution is -2.28. The molecule has 0 fully saturated rings. The van der Waals surface area contributed by atoms with E-state index < -0.39 is 12.9 Å². The highest BCUT2D eigenvalue weighted by Crippen LogP contribution is 2.37. The Kier molecular flexibility index (Phi) is 6.37. The van der Waals surface area contributed by atoms with Gasteiger partial charge in [-0.1, -0.05) is 11.6 Å². The minimum absolute atomic E-state index is 0.0158. The first-order valence-corrected chi connectivity index (χ1v) is 8.89. The van der Waals surface area contributed by atoms with Crippen LogP contribution in [0, 0.1) is 12.4 Å². The third-order valence-electron chi connectivity index (χ3n) is 3.85. The monoisotopic (exact) mass is 406 g/mol. The fourth-order valence-corrected chi connectivity index (χ4v) is 2.72. The lowest BCUT2D eigenvalue weighted by Gasteiger charge is -2.13. The van der Waals surface area contributed by atoms with Gasteiger partial charge in [-0.15, -0.1) is 0 Å². The van der Waals surface area contributed by atoms with E-state index in [4.69, 9.17) is 37.0 Å². The third kappa shape index (κ3) is 4.54. The van der Waals surface area contributed by atoms with Crippen molar-refractivity contribution in [1.82, 2.24) is 4.98 Å². The van der Waals surface area contributed by atoms with Gasteiger partial charge in [-0.2, -0.15) is 4.98 Å². The van der Waals surface area contributed by atoms with Crippen molar-refractivity contribution in [1.29, 1.82) is 0 Å². The number of hydrogen-bond acceptors (Lipinski definition) is 6. The quantitative estimate of drug-likeness (QED) is 0.432. The van der Waals surface area contributed by atoms with Crippen LogP contribution in [-0.2, 0) is 16.0 Å². The fraction of sp³-hybridized carbons (Fsp3) is 0.333. The molecule has 7 nitrogen and oxygen atoms in total. The fourth-order valence-electron chi connectivity index (χ4n) is 2.53. The third-order valence-corrected chi connectivity index (χ3v) is 4.12. The minimum atomic E-state index is -1.16. The first-order chi connectivity index (χ1) is 13.4. The number of benzene rings is 1. The summed E-state index contributed by atoms with van der Waals surface area (Å²) in [6, 6.07) is 3.90. The highest BCUT2D eigenvalue weighted by molar-refractivity contribution is 6.61. The van der Waals surface area contributed by atoms with Crippen molar-refractivity contribution in [3.05, 3.63) is 46.0 Å². The molecule has 2 aromatic rings. The SMILES string of the molecule is [C-]#[N+]c1cc(Cl)c(Oc2cc3c(cc2F)B(O)OC3)nc1OCCOC(C)C. The van der Waals surface area contributed by atoms with Gasteiger partial charge in [-0.05, 0) is 43.1 Å². The van der Waals surface area contributed by atoms with Gasteiger partial charge in [-0.25, -0.2) is 9.24 Å². The molecule has 0 saturated heterocycles. The Bertz CT molecular complexity index is 922. The molecule has 0 unspecified atom stereocenters. The summed E-state index contributed by atoms with van der Waals surface area (Å²) in [6.07, 6.45) is 0.0475. The van der Waals surface area contributed by atoms with Crippen molar-refractivity contribution >= 4 is 29.9 Å². The van der Waals surface area contributed by atoms with E-state index in [9.17, 15) is 9.41 Å². The first kappa shape index (κ1) is 20.4. The van der Waals surface area contributed by atoms with E-state index in [0.717, 1.165) is 6.07 Å². The zero-order chi connectivity index (χ0) is 20.3. The molecule has 0 saturated carbocycles. The number of nitrogens with zero attached hydrogens (tertiary/aromatic N) is 2. The van der Waals surface area contributed by atoms with Crippen LogP contribution in [0.25, 0.3) is 4.85 Å². The Morgan fingerprint density at radius 1 is 1.36 bits per heavy atom. The summed E-state index contributed by atoms with van der Waals surface area (Å²) in [7, 11) is -1.16. The van der Waals surface area contributed by atoms with Gasteiger partial charge in [-0.3, -0.25) is 0 Å². The Labute approximate surface area is 166 Å². The van der Waals surface area contributed by atoms with Gasteiger partial charge < -0.3 is 23.9 Å². The molecule has 0 atom stereocenters. The normalized spacial score (nSPS) is 12.8. The maximum Gasteiger partial charge on any atom is 0.491 e. The second kappa shape index (κ2) is 8.75. The number of ether oxygens (including phenoxy) is 3. The molecule has 146 valence electrons. The lowest BCUT2D eigenvalue weighted by atomic mass is 9.79. The smallest absolute Gasteiger partial charge is 0.484 e. The highest BCUT2D eigenvalue weighted by atomic mass is 35.5. The molecule has 0 amide bonds. The largest absolute Gasteiger partial charge is 0.491 e. The van der Waals surface area contributed by atoms with E-state index in [0.29, 0.717) is 17.6 Å². The van der Waals surface area contributed by atoms with Crippen molar-refractivity contribution in [3.63, 3.8) is 0 Å². The van der Waals surface area contributed by atoms with Gasteiger partial charge in [0, 0.05) is 0 Å². The summed E-state index contributed by atoms with van der Waals surface area (Å²) < 4.78 is 35.8. The number of rotatable bonds is 7. The van der Waals surface area contributed by atoms with Gasteiger partial charge in [0.2, 0.25) is 17.4 Å². The van der Waals surface area contributed by atoms with E-state index in [-0.39, 0.29) is 47.5 Å². The summed E-state index contributed by atoms with van der Waals surface area (Å²) in [4.78, 5) is 7.44. The Hall–Kier alpha value is -2.38. The van der Waals surface area contributed by atoms with Gasteiger partial charge in [0.15, 0.2) is 11.6 Å². The van der Waals surface area contributed by atoms with Crippen molar-refractivity contribution in [2.24, 2.45) is 0 Å². The molecule has 1 aromatic carbocycles. The second-order valence-corrected chi connectivity index (χ2v) is 6.63. The molecule has 2 heterocycles. The molecular weight excluding hydrogens is 389 g/mol. The van der Waals surface area contributed by atoms with E-state index >= 15 is 0 Å². The molecule has 10 heteroatoms. The van der Waals surface area contributed by atoms with Crippen LogP contribution in [0.1, 0.15) is 19.4 Å². The molecule has 0 bridgehead atoms. The highest BCUT2D eigenvalue weighted by Gasteiger charge is 2.29. The molecule has 0 spiro atoms. The van der Waals surface area contributed by atoms with Crippen molar-refractivity contribution in [2.45, 2.75) is 26.6 Å². The molecule has 1 aromatic heterocycles. The van der Waals surface area contributed by atoms with Gasteiger partial charge in [0.25, 0.3) is 0 Å². The number of halogens is 2. The number of hydrogen-bond donors (Lipinski definition) is 1. The standard InChI is InChI=1S/C18H17BClFN2O5/c1-10(2)25-4-5-26-18-15(22-3)8-13(20)17(23-18)28-16-6-11-9-27-19(24)12(11)7-14(16)21/h6-8,10,24H,4-5,9H2,1-2H3. The van der Waals surface area contributed by atoms with Gasteiger partial charge in [0.05, 0.1) is 30.9 Å². The summed E-state index contributed by atoms with van der Waals surface area (Å²) >= 11 is 6.13. The average Bonchev–Trinajstić information content (AvgIpc) is 3.00. The van der Waals surface area contributed by atoms with Crippen molar-refractivity contribution < 1.29 is 28.3 Å². The topological polar surface area (TPSA) is 74.4 Å². The minimum Gasteiger partial charge on any atom is -0.484 e. The molecule has 0 radical (unpaired) electrons. The summed E-state index contributed by atoms with van der Waals surface area (Å²) in [6.45, 7) is 11.7. The Balaban J connectivity index is 1.82. The van der Waals surface area contributed by atoms with Gasteiger partial charge >= 0.3 is 7.12 Å². The molecular formula is C18H17BClFN2O5. The van der Waals surface area contributed by atoms with Crippen LogP contribution in [0.2, 0.25) is 5.02 Å². The average molecular weight is 407 g/mol. The predicted molar refractivity (Wildman–Crippen MR) is 101 cm³/mol. The summed E-state index contributed by atoms with van der Waals surface area (Å²) in [5.74, 6) is -0.923. The zero-order valence-electron chi connectivity index (χ0n) is 15.2. The number of aromatic nitrogens is 1. The van der Waals surface area contributed by atoms with Crippen LogP contribution < -0.4 is 14.9 Å². The molecule has 3 rings (SSSR count). The zero-order valence-corrected chi connectivity index (χ0v) is 16.0. The van der Waals surface area contributed by atoms with Crippen LogP contribution in [0.4, 0.5) is 10.1 Å². The maximum atomic E-state index is 14.3. The number of pyridine rings is 1. The first-order valence-electron chi connectivity index (χ1n) is 8.51. The molecule has 1 aliphatic heterocycles. The van der Waals surface area contributed by atoms with Crippen molar-refractivity contribution in [3.8, 4) is 17.5 Å². The van der Waals surface area contributed by atoms with Crippen LogP contribution in [-0.4, -0.2) is 36.4 Å². The van der Waals surface area contributed by atoms with E-state index in [1.807, 2.05) is 13.8 Å². The predicted octanol–water partition coefficient (Wildman–Crippen LogP) is 3.24. The van der Waals surface area contributed by atoms with Crippen LogP contribution in [0.5, 0.6) is 17.5 Å². The molecule has 1 aliphatic rings. The van der Waals surface area contributed by atoms with E-state index in [2.05, 4.69) is 9.83 Å². The van der Waals surface area contributed by atoms with Crippen molar-refractivity contribution in [2.75, 3.05) is 13.2 Å². The van der Waals surface area contributed by atoms with Crippen LogP contribution >= 0.6 is 11.6 Å². The van der Waals surface area contributed by atoms with E-state index in [1.165, 1.54) is 12.1 Å². The van der Waals surface area contributed by atoms with Crippen LogP contribution in [0.15, 0.2) is 18.2 Å². The lowest BCUT2D eigenvalue weighted by molar-refractivity contribution is 0.0543. The molecule has 28 heavy (non-hydrogen) atoms. The maximum absolute atomic E-state index is 14.3. The summed E-state index contributed by atoms with van der Waals surface area (Å²) in [5, 5.41) is 9.68. The Morgan fingerprint density at radius 2 is 2.14 bits per heavy atom.